The van der Waals surface area contributed by atoms with Crippen molar-refractivity contribution in [1.29, 1.82) is 5.26 Å². The van der Waals surface area contributed by atoms with Crippen molar-refractivity contribution in [2.75, 3.05) is 0 Å². The van der Waals surface area contributed by atoms with Gasteiger partial charge in [0.15, 0.2) is 0 Å². The number of aliphatic hydroxyl groups is 2. The van der Waals surface area contributed by atoms with Gasteiger partial charge in [-0.2, -0.15) is 5.26 Å². The van der Waals surface area contributed by atoms with Crippen LogP contribution in [-0.2, 0) is 4.79 Å². The standard InChI is InChI=1S/C24H33NO4/c1-16(2)6-5-8-21(26)17-10-12-18(13-11-17)24-20(7-3-4-9-23(28)29)19(15-25)14-22(24)27/h10-13,19-22,24,26-27H,1,3-9,14H2,2H3,(H,28,29)/t19-,20?,21?,22+,24?/m0/s1. The van der Waals surface area contributed by atoms with E-state index in [1.54, 1.807) is 0 Å². The molecule has 0 aromatic heterocycles. The molecule has 0 amide bonds. The Labute approximate surface area is 173 Å². The number of rotatable bonds is 11. The Kier molecular flexibility index (Phi) is 8.88. The maximum absolute atomic E-state index is 10.7. The average molecular weight is 400 g/mol. The summed E-state index contributed by atoms with van der Waals surface area (Å²) in [6.45, 7) is 5.87. The first kappa shape index (κ1) is 23.1. The number of aliphatic hydroxyl groups excluding tert-OH is 2. The molecule has 2 rings (SSSR count). The molecule has 0 bridgehead atoms. The second kappa shape index (κ2) is 11.1. The maximum atomic E-state index is 10.7. The van der Waals surface area contributed by atoms with Crippen molar-refractivity contribution < 1.29 is 20.1 Å². The molecule has 5 nitrogen and oxygen atoms in total. The van der Waals surface area contributed by atoms with Crippen LogP contribution in [0.2, 0.25) is 0 Å². The number of hydrogen-bond donors (Lipinski definition) is 3. The molecule has 3 unspecified atom stereocenters. The molecular weight excluding hydrogens is 366 g/mol. The van der Waals surface area contributed by atoms with Crippen LogP contribution in [0, 0.1) is 23.2 Å². The zero-order valence-corrected chi connectivity index (χ0v) is 17.3. The lowest BCUT2D eigenvalue weighted by Crippen LogP contribution is -2.18. The summed E-state index contributed by atoms with van der Waals surface area (Å²) in [5, 5.41) is 39.3. The number of aliphatic carboxylic acids is 1. The van der Waals surface area contributed by atoms with Crippen molar-refractivity contribution in [2.45, 2.75) is 76.4 Å². The van der Waals surface area contributed by atoms with E-state index >= 15 is 0 Å². The van der Waals surface area contributed by atoms with Crippen molar-refractivity contribution in [2.24, 2.45) is 11.8 Å². The Balaban J connectivity index is 2.04. The number of nitriles is 1. The SMILES string of the molecule is C=C(C)CCCC(O)c1ccc(C2C(CCCCC(=O)O)[C@H](C#N)C[C@H]2O)cc1. The smallest absolute Gasteiger partial charge is 0.303 e. The summed E-state index contributed by atoms with van der Waals surface area (Å²) in [4.78, 5) is 10.7. The first-order chi connectivity index (χ1) is 13.8. The van der Waals surface area contributed by atoms with Crippen LogP contribution in [0.4, 0.5) is 0 Å². The van der Waals surface area contributed by atoms with Gasteiger partial charge in [-0.15, -0.1) is 6.58 Å². The fraction of sp³-hybridized carbons (Fsp3) is 0.583. The Morgan fingerprint density at radius 1 is 1.24 bits per heavy atom. The molecule has 0 radical (unpaired) electrons. The Bertz CT molecular complexity index is 721. The van der Waals surface area contributed by atoms with Crippen LogP contribution in [-0.4, -0.2) is 27.4 Å². The van der Waals surface area contributed by atoms with Crippen LogP contribution in [0.5, 0.6) is 0 Å². The molecule has 1 aromatic carbocycles. The van der Waals surface area contributed by atoms with Gasteiger partial charge in [-0.3, -0.25) is 4.79 Å². The highest BCUT2D eigenvalue weighted by Gasteiger charge is 2.42. The summed E-state index contributed by atoms with van der Waals surface area (Å²) < 4.78 is 0. The molecule has 5 atom stereocenters. The normalized spacial score (nSPS) is 24.8. The Hall–Kier alpha value is -2.16. The number of nitrogens with zero attached hydrogens (tertiary/aromatic N) is 1. The molecular formula is C24H33NO4. The van der Waals surface area contributed by atoms with Crippen LogP contribution in [0.3, 0.4) is 0 Å². The maximum Gasteiger partial charge on any atom is 0.303 e. The summed E-state index contributed by atoms with van der Waals surface area (Å²) in [7, 11) is 0. The van der Waals surface area contributed by atoms with E-state index in [9.17, 15) is 20.3 Å². The number of carbonyl (C=O) groups is 1. The third-order valence-corrected chi connectivity index (χ3v) is 6.02. The minimum Gasteiger partial charge on any atom is -0.481 e. The van der Waals surface area contributed by atoms with E-state index in [0.717, 1.165) is 42.4 Å². The molecule has 0 spiro atoms. The largest absolute Gasteiger partial charge is 0.481 e. The summed E-state index contributed by atoms with van der Waals surface area (Å²) in [6, 6.07) is 10.1. The fourth-order valence-electron chi connectivity index (χ4n) is 4.48. The zero-order valence-electron chi connectivity index (χ0n) is 17.3. The molecule has 158 valence electrons. The van der Waals surface area contributed by atoms with Crippen molar-refractivity contribution >= 4 is 5.97 Å². The molecule has 1 aliphatic rings. The van der Waals surface area contributed by atoms with Crippen LogP contribution < -0.4 is 0 Å². The van der Waals surface area contributed by atoms with Gasteiger partial charge >= 0.3 is 5.97 Å². The molecule has 5 heteroatoms. The van der Waals surface area contributed by atoms with Gasteiger partial charge in [0.2, 0.25) is 0 Å². The molecule has 29 heavy (non-hydrogen) atoms. The summed E-state index contributed by atoms with van der Waals surface area (Å²) in [5.41, 5.74) is 2.96. The number of hydrogen-bond acceptors (Lipinski definition) is 4. The van der Waals surface area contributed by atoms with Crippen LogP contribution >= 0.6 is 0 Å². The minimum atomic E-state index is -0.803. The van der Waals surface area contributed by atoms with E-state index in [1.165, 1.54) is 0 Å². The second-order valence-electron chi connectivity index (χ2n) is 8.40. The predicted octanol–water partition coefficient (Wildman–Crippen LogP) is 4.72. The first-order valence-corrected chi connectivity index (χ1v) is 10.5. The molecule has 0 heterocycles. The number of allylic oxidation sites excluding steroid dienone is 1. The third kappa shape index (κ3) is 6.69. The monoisotopic (exact) mass is 399 g/mol. The summed E-state index contributed by atoms with van der Waals surface area (Å²) in [5.74, 6) is -1.12. The van der Waals surface area contributed by atoms with Crippen LogP contribution in [0.1, 0.15) is 81.4 Å². The topological polar surface area (TPSA) is 102 Å². The average Bonchev–Trinajstić information content (AvgIpc) is 3.00. The highest BCUT2D eigenvalue weighted by atomic mass is 16.4. The highest BCUT2D eigenvalue weighted by molar-refractivity contribution is 5.66. The van der Waals surface area contributed by atoms with E-state index in [2.05, 4.69) is 12.6 Å². The van der Waals surface area contributed by atoms with E-state index in [0.29, 0.717) is 19.3 Å². The van der Waals surface area contributed by atoms with Crippen molar-refractivity contribution in [1.82, 2.24) is 0 Å². The number of benzene rings is 1. The van der Waals surface area contributed by atoms with Crippen LogP contribution in [0.15, 0.2) is 36.4 Å². The molecule has 1 saturated carbocycles. The van der Waals surface area contributed by atoms with Gasteiger partial charge in [0, 0.05) is 12.3 Å². The third-order valence-electron chi connectivity index (χ3n) is 6.02. The van der Waals surface area contributed by atoms with Gasteiger partial charge < -0.3 is 15.3 Å². The lowest BCUT2D eigenvalue weighted by Gasteiger charge is -2.24. The van der Waals surface area contributed by atoms with Crippen molar-refractivity contribution in [3.8, 4) is 6.07 Å². The molecule has 0 aliphatic heterocycles. The second-order valence-corrected chi connectivity index (χ2v) is 8.40. The fourth-order valence-corrected chi connectivity index (χ4v) is 4.48. The molecule has 1 aliphatic carbocycles. The van der Waals surface area contributed by atoms with E-state index in [1.807, 2.05) is 31.2 Å². The lowest BCUT2D eigenvalue weighted by molar-refractivity contribution is -0.137. The Morgan fingerprint density at radius 3 is 2.52 bits per heavy atom. The number of carboxylic acid groups (broad SMARTS) is 1. The van der Waals surface area contributed by atoms with Gasteiger partial charge in [-0.05, 0) is 62.5 Å². The first-order valence-electron chi connectivity index (χ1n) is 10.5. The zero-order chi connectivity index (χ0) is 21.4. The van der Waals surface area contributed by atoms with Gasteiger partial charge in [-0.25, -0.2) is 0 Å². The van der Waals surface area contributed by atoms with Gasteiger partial charge in [0.25, 0.3) is 0 Å². The van der Waals surface area contributed by atoms with E-state index in [4.69, 9.17) is 5.11 Å². The number of carboxylic acids is 1. The van der Waals surface area contributed by atoms with Gasteiger partial charge in [-0.1, -0.05) is 36.3 Å². The number of unbranched alkanes of at least 4 members (excludes halogenated alkanes) is 1. The predicted molar refractivity (Wildman–Crippen MR) is 112 cm³/mol. The molecule has 3 N–H and O–H groups in total. The van der Waals surface area contributed by atoms with Crippen molar-refractivity contribution in [3.63, 3.8) is 0 Å². The summed E-state index contributed by atoms with van der Waals surface area (Å²) in [6.07, 6.45) is 4.03. The quantitative estimate of drug-likeness (QED) is 0.369. The van der Waals surface area contributed by atoms with E-state index in [-0.39, 0.29) is 24.2 Å². The highest BCUT2D eigenvalue weighted by Crippen LogP contribution is 2.46. The van der Waals surface area contributed by atoms with Crippen molar-refractivity contribution in [3.05, 3.63) is 47.5 Å². The Morgan fingerprint density at radius 2 is 1.93 bits per heavy atom. The molecule has 1 fully saturated rings. The minimum absolute atomic E-state index is 0.0233. The van der Waals surface area contributed by atoms with E-state index < -0.39 is 18.2 Å². The lowest BCUT2D eigenvalue weighted by atomic mass is 9.81. The van der Waals surface area contributed by atoms with Crippen LogP contribution in [0.25, 0.3) is 0 Å². The summed E-state index contributed by atoms with van der Waals surface area (Å²) >= 11 is 0. The van der Waals surface area contributed by atoms with Gasteiger partial charge in [0.1, 0.15) is 0 Å². The molecule has 0 saturated heterocycles. The van der Waals surface area contributed by atoms with Gasteiger partial charge in [0.05, 0.1) is 24.2 Å². The molecule has 1 aromatic rings.